The highest BCUT2D eigenvalue weighted by Crippen LogP contribution is 2.36. The van der Waals surface area contributed by atoms with Crippen molar-refractivity contribution in [3.8, 4) is 17.3 Å². The average molecular weight is 564 g/mol. The van der Waals surface area contributed by atoms with Crippen LogP contribution in [0.2, 0.25) is 0 Å². The summed E-state index contributed by atoms with van der Waals surface area (Å²) in [5.74, 6) is -1.16. The quantitative estimate of drug-likeness (QED) is 0.154. The van der Waals surface area contributed by atoms with Crippen molar-refractivity contribution in [3.05, 3.63) is 73.3 Å². The van der Waals surface area contributed by atoms with Crippen LogP contribution in [-0.2, 0) is 9.47 Å². The molecule has 1 N–H and O–H groups in total. The van der Waals surface area contributed by atoms with Crippen molar-refractivity contribution in [2.24, 2.45) is 0 Å². The smallest absolute Gasteiger partial charge is 0.349 e. The Kier molecular flexibility index (Phi) is 7.99. The molecule has 0 bridgehead atoms. The van der Waals surface area contributed by atoms with Gasteiger partial charge in [-0.1, -0.05) is 18.2 Å². The Balaban J connectivity index is 1.67. The summed E-state index contributed by atoms with van der Waals surface area (Å²) in [6, 6.07) is 10.9. The number of thiazole rings is 1. The molecule has 0 amide bonds. The third kappa shape index (κ3) is 6.08. The largest absolute Gasteiger partial charge is 0.462 e. The first-order valence-corrected chi connectivity index (χ1v) is 13.6. The molecule has 0 atom stereocenters. The minimum Gasteiger partial charge on any atom is -0.462 e. The predicted octanol–water partition coefficient (Wildman–Crippen LogP) is 6.40. The average Bonchev–Trinajstić information content (AvgIpc) is 3.48. The second-order valence-electron chi connectivity index (χ2n) is 9.32. The van der Waals surface area contributed by atoms with Crippen molar-refractivity contribution in [1.82, 2.24) is 4.98 Å². The van der Waals surface area contributed by atoms with Gasteiger partial charge in [0.2, 0.25) is 0 Å². The molecule has 200 valence electrons. The molecule has 11 heteroatoms. The topological polar surface area (TPSA) is 132 Å². The molecule has 39 heavy (non-hydrogen) atoms. The highest BCUT2D eigenvalue weighted by atomic mass is 32.1. The lowest BCUT2D eigenvalue weighted by Crippen LogP contribution is -2.23. The summed E-state index contributed by atoms with van der Waals surface area (Å²) in [6.45, 7) is 8.75. The second-order valence-corrected chi connectivity index (χ2v) is 11.2. The van der Waals surface area contributed by atoms with Crippen LogP contribution in [0.1, 0.15) is 58.3 Å². The van der Waals surface area contributed by atoms with E-state index in [1.807, 2.05) is 12.1 Å². The first kappa shape index (κ1) is 27.8. The van der Waals surface area contributed by atoms with Gasteiger partial charge in [0.05, 0.1) is 23.4 Å². The molecular weight excluding hydrogens is 538 g/mol. The minimum absolute atomic E-state index is 0.152. The highest BCUT2D eigenvalue weighted by molar-refractivity contribution is 7.18. The summed E-state index contributed by atoms with van der Waals surface area (Å²) in [5.41, 5.74) is 0.641. The van der Waals surface area contributed by atoms with Crippen LogP contribution in [0.15, 0.2) is 51.1 Å². The van der Waals surface area contributed by atoms with Gasteiger partial charge >= 0.3 is 17.6 Å². The Morgan fingerprint density at radius 2 is 1.97 bits per heavy atom. The van der Waals surface area contributed by atoms with E-state index in [2.05, 4.69) is 16.4 Å². The number of aromatic nitrogens is 1. The Morgan fingerprint density at radius 3 is 2.67 bits per heavy atom. The molecule has 0 unspecified atom stereocenters. The summed E-state index contributed by atoms with van der Waals surface area (Å²) in [6.07, 6.45) is 1.40. The number of esters is 2. The molecule has 0 aliphatic heterocycles. The number of nitrogens with zero attached hydrogens (tertiary/aromatic N) is 2. The SMILES string of the molecule is CCOC(=O)c1c(NC=C(C#N)c2nc(-c3cc4ccccc4oc3=O)cs2)sc(C(=O)OC(C)(C)C)c1C. The third-order valence-corrected chi connectivity index (χ3v) is 7.41. The number of allylic oxidation sites excluding steroid dienone is 1. The number of ether oxygens (including phenoxy) is 2. The summed E-state index contributed by atoms with van der Waals surface area (Å²) >= 11 is 2.21. The Hall–Kier alpha value is -4.27. The van der Waals surface area contributed by atoms with Gasteiger partial charge in [-0.05, 0) is 52.3 Å². The van der Waals surface area contributed by atoms with Crippen LogP contribution in [0.4, 0.5) is 5.00 Å². The number of para-hydroxylation sites is 1. The Bertz CT molecular complexity index is 1700. The molecule has 0 saturated heterocycles. The van der Waals surface area contributed by atoms with Crippen molar-refractivity contribution in [2.45, 2.75) is 40.2 Å². The fourth-order valence-corrected chi connectivity index (χ4v) is 5.45. The third-order valence-electron chi connectivity index (χ3n) is 5.33. The van der Waals surface area contributed by atoms with E-state index in [9.17, 15) is 19.6 Å². The van der Waals surface area contributed by atoms with Gasteiger partial charge in [0.25, 0.3) is 0 Å². The lowest BCUT2D eigenvalue weighted by molar-refractivity contribution is 0.00745. The van der Waals surface area contributed by atoms with Gasteiger partial charge in [0.15, 0.2) is 0 Å². The van der Waals surface area contributed by atoms with Crippen LogP contribution >= 0.6 is 22.7 Å². The zero-order valence-electron chi connectivity index (χ0n) is 21.9. The van der Waals surface area contributed by atoms with Gasteiger partial charge in [-0.25, -0.2) is 19.4 Å². The van der Waals surface area contributed by atoms with Crippen LogP contribution in [0.25, 0.3) is 27.8 Å². The summed E-state index contributed by atoms with van der Waals surface area (Å²) in [5, 5.41) is 15.9. The van der Waals surface area contributed by atoms with Gasteiger partial charge < -0.3 is 19.2 Å². The number of hydrogen-bond acceptors (Lipinski definition) is 11. The lowest BCUT2D eigenvalue weighted by Gasteiger charge is -2.19. The summed E-state index contributed by atoms with van der Waals surface area (Å²) < 4.78 is 16.1. The van der Waals surface area contributed by atoms with Crippen LogP contribution in [0, 0.1) is 18.3 Å². The van der Waals surface area contributed by atoms with E-state index in [-0.39, 0.29) is 28.2 Å². The van der Waals surface area contributed by atoms with Crippen LogP contribution < -0.4 is 10.9 Å². The molecule has 0 radical (unpaired) electrons. The minimum atomic E-state index is -0.718. The van der Waals surface area contributed by atoms with Crippen LogP contribution in [0.5, 0.6) is 0 Å². The fraction of sp³-hybridized carbons (Fsp3) is 0.250. The zero-order valence-corrected chi connectivity index (χ0v) is 23.5. The van der Waals surface area contributed by atoms with Gasteiger partial charge in [-0.3, -0.25) is 0 Å². The van der Waals surface area contributed by atoms with Crippen molar-refractivity contribution < 1.29 is 23.5 Å². The van der Waals surface area contributed by atoms with E-state index in [1.54, 1.807) is 58.2 Å². The molecule has 3 aromatic heterocycles. The number of anilines is 1. The van der Waals surface area contributed by atoms with Crippen molar-refractivity contribution in [1.29, 1.82) is 5.26 Å². The molecule has 4 rings (SSSR count). The zero-order chi connectivity index (χ0) is 28.3. The second kappa shape index (κ2) is 11.2. The van der Waals surface area contributed by atoms with Crippen LogP contribution in [0.3, 0.4) is 0 Å². The van der Waals surface area contributed by atoms with E-state index in [4.69, 9.17) is 13.9 Å². The maximum Gasteiger partial charge on any atom is 0.349 e. The number of hydrogen-bond donors (Lipinski definition) is 1. The van der Waals surface area contributed by atoms with E-state index in [0.29, 0.717) is 26.8 Å². The normalized spacial score (nSPS) is 11.7. The Labute approximate surface area is 232 Å². The lowest BCUT2D eigenvalue weighted by atomic mass is 10.1. The number of rotatable bonds is 7. The number of thiophene rings is 1. The van der Waals surface area contributed by atoms with Crippen molar-refractivity contribution in [2.75, 3.05) is 11.9 Å². The molecule has 9 nitrogen and oxygen atoms in total. The van der Waals surface area contributed by atoms with Gasteiger partial charge in [-0.2, -0.15) is 5.26 Å². The predicted molar refractivity (Wildman–Crippen MR) is 151 cm³/mol. The molecule has 0 spiro atoms. The first-order chi connectivity index (χ1) is 18.5. The number of benzene rings is 1. The standard InChI is InChI=1S/C28H25N3O6S2/c1-6-35-26(33)21-15(2)22(27(34)37-28(3,4)5)39-24(21)30-13-17(12-29)23-31-19(14-38-23)18-11-16-9-7-8-10-20(16)36-25(18)32/h7-11,13-14,30H,6H2,1-5H3. The monoisotopic (exact) mass is 563 g/mol. The Morgan fingerprint density at radius 1 is 1.23 bits per heavy atom. The maximum atomic E-state index is 12.8. The molecule has 1 aromatic carbocycles. The number of carbonyl (C=O) groups excluding carboxylic acids is 2. The molecule has 0 saturated carbocycles. The number of nitriles is 1. The first-order valence-electron chi connectivity index (χ1n) is 11.9. The van der Waals surface area contributed by atoms with Gasteiger partial charge in [-0.15, -0.1) is 22.7 Å². The van der Waals surface area contributed by atoms with E-state index >= 15 is 0 Å². The van der Waals surface area contributed by atoms with Crippen molar-refractivity contribution >= 4 is 56.2 Å². The summed E-state index contributed by atoms with van der Waals surface area (Å²) in [4.78, 5) is 42.8. The molecule has 0 aliphatic rings. The van der Waals surface area contributed by atoms with E-state index in [1.165, 1.54) is 17.5 Å². The molecule has 3 heterocycles. The summed E-state index contributed by atoms with van der Waals surface area (Å²) in [7, 11) is 0. The van der Waals surface area contributed by atoms with Gasteiger partial charge in [0, 0.05) is 17.0 Å². The van der Waals surface area contributed by atoms with E-state index in [0.717, 1.165) is 16.7 Å². The van der Waals surface area contributed by atoms with Gasteiger partial charge in [0.1, 0.15) is 37.7 Å². The van der Waals surface area contributed by atoms with Crippen molar-refractivity contribution in [3.63, 3.8) is 0 Å². The van der Waals surface area contributed by atoms with Crippen LogP contribution in [-0.4, -0.2) is 29.1 Å². The molecule has 4 aromatic rings. The van der Waals surface area contributed by atoms with E-state index < -0.39 is 23.2 Å². The fourth-order valence-electron chi connectivity index (χ4n) is 3.62. The molecule has 0 aliphatic carbocycles. The number of carbonyl (C=O) groups is 2. The number of nitrogens with one attached hydrogen (secondary N) is 1. The highest BCUT2D eigenvalue weighted by Gasteiger charge is 2.28. The maximum absolute atomic E-state index is 12.8. The number of fused-ring (bicyclic) bond motifs is 1. The molecule has 0 fully saturated rings. The molecular formula is C28H25N3O6S2.